The average molecular weight is 348 g/mol. The van der Waals surface area contributed by atoms with Crippen molar-refractivity contribution < 1.29 is 9.00 Å². The van der Waals surface area contributed by atoms with Gasteiger partial charge in [0.1, 0.15) is 0 Å². The minimum absolute atomic E-state index is 0.0210. The van der Waals surface area contributed by atoms with E-state index < -0.39 is 10.8 Å². The molecule has 1 unspecified atom stereocenters. The van der Waals surface area contributed by atoms with Crippen LogP contribution in [0.25, 0.3) is 0 Å². The maximum absolute atomic E-state index is 12.0. The Morgan fingerprint density at radius 2 is 1.78 bits per heavy atom. The fourth-order valence-corrected chi connectivity index (χ4v) is 3.74. The molecule has 1 N–H and O–H groups in total. The van der Waals surface area contributed by atoms with E-state index in [0.29, 0.717) is 23.8 Å². The van der Waals surface area contributed by atoms with E-state index >= 15 is 0 Å². The summed E-state index contributed by atoms with van der Waals surface area (Å²) in [6.07, 6.45) is 0. The Morgan fingerprint density at radius 1 is 1.09 bits per heavy atom. The second-order valence-electron chi connectivity index (χ2n) is 5.23. The molecule has 0 aliphatic rings. The van der Waals surface area contributed by atoms with Crippen LogP contribution in [0.2, 0.25) is 0 Å². The van der Waals surface area contributed by atoms with E-state index in [1.807, 2.05) is 61.5 Å². The quantitative estimate of drug-likeness (QED) is 0.746. The molecule has 0 fully saturated rings. The minimum atomic E-state index is -0.952. The van der Waals surface area contributed by atoms with Crippen molar-refractivity contribution in [2.24, 2.45) is 0 Å². The molecule has 1 atom stereocenters. The summed E-state index contributed by atoms with van der Waals surface area (Å²) in [5.74, 6) is 1.38. The molecule has 0 bridgehead atoms. The summed E-state index contributed by atoms with van der Waals surface area (Å²) < 4.78 is 12.0. The topological polar surface area (TPSA) is 46.2 Å². The molecule has 2 rings (SSSR count). The van der Waals surface area contributed by atoms with E-state index in [0.717, 1.165) is 10.5 Å². The second kappa shape index (κ2) is 9.53. The highest BCUT2D eigenvalue weighted by Gasteiger charge is 2.05. The number of amides is 1. The fourth-order valence-electron chi connectivity index (χ4n) is 1.97. The third-order valence-corrected chi connectivity index (χ3v) is 5.54. The van der Waals surface area contributed by atoms with Gasteiger partial charge < -0.3 is 5.32 Å². The number of nitrogens with one attached hydrogen (secondary N) is 1. The average Bonchev–Trinajstić information content (AvgIpc) is 2.55. The highest BCUT2D eigenvalue weighted by molar-refractivity contribution is 8.00. The zero-order valence-electron chi connectivity index (χ0n) is 13.2. The lowest BCUT2D eigenvalue weighted by Gasteiger charge is -2.06. The summed E-state index contributed by atoms with van der Waals surface area (Å²) in [6, 6.07) is 17.9. The molecule has 23 heavy (non-hydrogen) atoms. The summed E-state index contributed by atoms with van der Waals surface area (Å²) >= 11 is 1.51. The highest BCUT2D eigenvalue weighted by Crippen LogP contribution is 2.17. The number of rotatable bonds is 8. The van der Waals surface area contributed by atoms with Gasteiger partial charge in [0, 0.05) is 33.7 Å². The largest absolute Gasteiger partial charge is 0.354 e. The molecule has 5 heteroatoms. The maximum Gasteiger partial charge on any atom is 0.230 e. The lowest BCUT2D eigenvalue weighted by atomic mass is 10.2. The van der Waals surface area contributed by atoms with Crippen LogP contribution in [0.5, 0.6) is 0 Å². The minimum Gasteiger partial charge on any atom is -0.354 e. The molecule has 2 aromatic carbocycles. The van der Waals surface area contributed by atoms with Gasteiger partial charge in [-0.25, -0.2) is 0 Å². The standard InChI is InChI=1S/C18H21NO2S2/c1-15-7-9-17(10-8-15)22-13-18(20)19-11-12-23(21)14-16-5-3-2-4-6-16/h2-10H,11-14H2,1H3,(H,19,20). The first kappa shape index (κ1) is 17.8. The molecule has 0 aromatic heterocycles. The molecule has 0 aliphatic heterocycles. The molecule has 0 saturated heterocycles. The van der Waals surface area contributed by atoms with E-state index in [2.05, 4.69) is 5.32 Å². The Balaban J connectivity index is 1.62. The number of benzene rings is 2. The Bertz CT molecular complexity index is 642. The molecular weight excluding hydrogens is 326 g/mol. The van der Waals surface area contributed by atoms with E-state index in [-0.39, 0.29) is 5.91 Å². The third kappa shape index (κ3) is 7.01. The van der Waals surface area contributed by atoms with Crippen LogP contribution in [-0.4, -0.2) is 28.2 Å². The van der Waals surface area contributed by atoms with Crippen LogP contribution in [0.15, 0.2) is 59.5 Å². The van der Waals surface area contributed by atoms with Gasteiger partial charge in [-0.05, 0) is 24.6 Å². The van der Waals surface area contributed by atoms with Crippen LogP contribution < -0.4 is 5.32 Å². The van der Waals surface area contributed by atoms with Gasteiger partial charge in [0.2, 0.25) is 5.91 Å². The Morgan fingerprint density at radius 3 is 2.48 bits per heavy atom. The smallest absolute Gasteiger partial charge is 0.230 e. The van der Waals surface area contributed by atoms with Crippen molar-refractivity contribution >= 4 is 28.5 Å². The van der Waals surface area contributed by atoms with Crippen LogP contribution in [0.4, 0.5) is 0 Å². The van der Waals surface area contributed by atoms with Crippen molar-refractivity contribution in [1.29, 1.82) is 0 Å². The Labute approximate surface area is 144 Å². The van der Waals surface area contributed by atoms with Gasteiger partial charge in [-0.2, -0.15) is 0 Å². The van der Waals surface area contributed by atoms with Crippen molar-refractivity contribution in [2.75, 3.05) is 18.1 Å². The number of hydrogen-bond acceptors (Lipinski definition) is 3. The molecule has 3 nitrogen and oxygen atoms in total. The van der Waals surface area contributed by atoms with Crippen LogP contribution in [0.3, 0.4) is 0 Å². The predicted octanol–water partition coefficient (Wildman–Crippen LogP) is 3.15. The van der Waals surface area contributed by atoms with Gasteiger partial charge in [0.05, 0.1) is 5.75 Å². The van der Waals surface area contributed by atoms with E-state index in [4.69, 9.17) is 0 Å². The van der Waals surface area contributed by atoms with Gasteiger partial charge in [0.15, 0.2) is 0 Å². The summed E-state index contributed by atoms with van der Waals surface area (Å²) in [6.45, 7) is 2.49. The number of carbonyl (C=O) groups is 1. The van der Waals surface area contributed by atoms with E-state index in [1.165, 1.54) is 17.3 Å². The molecule has 2 aromatic rings. The SMILES string of the molecule is Cc1ccc(SCC(=O)NCCS(=O)Cc2ccccc2)cc1. The van der Waals surface area contributed by atoms with Crippen molar-refractivity contribution in [3.63, 3.8) is 0 Å². The number of carbonyl (C=O) groups excluding carboxylic acids is 1. The van der Waals surface area contributed by atoms with Gasteiger partial charge in [0.25, 0.3) is 0 Å². The Hall–Kier alpha value is -1.59. The monoisotopic (exact) mass is 347 g/mol. The Kier molecular flexibility index (Phi) is 7.36. The molecule has 0 spiro atoms. The molecule has 0 aliphatic carbocycles. The van der Waals surface area contributed by atoms with Crippen molar-refractivity contribution in [2.45, 2.75) is 17.6 Å². The fraction of sp³-hybridized carbons (Fsp3) is 0.278. The molecule has 0 saturated carbocycles. The number of aryl methyl sites for hydroxylation is 1. The first-order chi connectivity index (χ1) is 11.1. The molecule has 1 amide bonds. The van der Waals surface area contributed by atoms with E-state index in [1.54, 1.807) is 0 Å². The highest BCUT2D eigenvalue weighted by atomic mass is 32.2. The predicted molar refractivity (Wildman–Crippen MR) is 98.1 cm³/mol. The summed E-state index contributed by atoms with van der Waals surface area (Å²) in [7, 11) is -0.952. The normalized spacial score (nSPS) is 11.9. The van der Waals surface area contributed by atoms with Crippen molar-refractivity contribution in [1.82, 2.24) is 5.32 Å². The molecule has 0 heterocycles. The number of hydrogen-bond donors (Lipinski definition) is 1. The van der Waals surface area contributed by atoms with Gasteiger partial charge in [-0.3, -0.25) is 9.00 Å². The zero-order valence-corrected chi connectivity index (χ0v) is 14.8. The van der Waals surface area contributed by atoms with Crippen LogP contribution in [0.1, 0.15) is 11.1 Å². The lowest BCUT2D eigenvalue weighted by Crippen LogP contribution is -2.29. The van der Waals surface area contributed by atoms with E-state index in [9.17, 15) is 9.00 Å². The third-order valence-electron chi connectivity index (χ3n) is 3.21. The summed E-state index contributed by atoms with van der Waals surface area (Å²) in [4.78, 5) is 12.9. The van der Waals surface area contributed by atoms with Crippen LogP contribution >= 0.6 is 11.8 Å². The maximum atomic E-state index is 12.0. The summed E-state index contributed by atoms with van der Waals surface area (Å²) in [5.41, 5.74) is 2.27. The molecule has 122 valence electrons. The van der Waals surface area contributed by atoms with Gasteiger partial charge in [-0.15, -0.1) is 11.8 Å². The van der Waals surface area contributed by atoms with Crippen LogP contribution in [0, 0.1) is 6.92 Å². The van der Waals surface area contributed by atoms with Crippen LogP contribution in [-0.2, 0) is 21.3 Å². The lowest BCUT2D eigenvalue weighted by molar-refractivity contribution is -0.118. The number of thioether (sulfide) groups is 1. The van der Waals surface area contributed by atoms with Gasteiger partial charge in [-0.1, -0.05) is 48.0 Å². The first-order valence-corrected chi connectivity index (χ1v) is 9.96. The van der Waals surface area contributed by atoms with Crippen molar-refractivity contribution in [3.8, 4) is 0 Å². The molecular formula is C18H21NO2S2. The van der Waals surface area contributed by atoms with Crippen molar-refractivity contribution in [3.05, 3.63) is 65.7 Å². The zero-order chi connectivity index (χ0) is 16.5. The first-order valence-electron chi connectivity index (χ1n) is 7.48. The second-order valence-corrected chi connectivity index (χ2v) is 7.85. The summed E-state index contributed by atoms with van der Waals surface area (Å²) in [5, 5.41) is 2.83. The molecule has 0 radical (unpaired) electrons. The van der Waals surface area contributed by atoms with Gasteiger partial charge >= 0.3 is 0 Å².